The van der Waals surface area contributed by atoms with E-state index in [9.17, 15) is 45.6 Å². The lowest BCUT2D eigenvalue weighted by atomic mass is 9.97. The Labute approximate surface area is 521 Å². The molecular formula is C71H139NO13. The van der Waals surface area contributed by atoms with E-state index in [-0.39, 0.29) is 12.5 Å². The summed E-state index contributed by atoms with van der Waals surface area (Å²) >= 11 is 0. The smallest absolute Gasteiger partial charge is 0.220 e. The molecular weight excluding hydrogens is 1070 g/mol. The van der Waals surface area contributed by atoms with Crippen molar-refractivity contribution >= 4 is 5.91 Å². The highest BCUT2D eigenvalue weighted by Gasteiger charge is 2.51. The number of nitrogens with one attached hydrogen (secondary N) is 1. The van der Waals surface area contributed by atoms with E-state index in [1.165, 1.54) is 276 Å². The molecule has 9 N–H and O–H groups in total. The Morgan fingerprint density at radius 2 is 0.671 bits per heavy atom. The van der Waals surface area contributed by atoms with Crippen LogP contribution in [-0.2, 0) is 23.7 Å². The van der Waals surface area contributed by atoms with Gasteiger partial charge in [0, 0.05) is 6.42 Å². The van der Waals surface area contributed by atoms with Gasteiger partial charge in [-0.3, -0.25) is 4.79 Å². The highest BCUT2D eigenvalue weighted by molar-refractivity contribution is 5.76. The van der Waals surface area contributed by atoms with Crippen LogP contribution in [0, 0.1) is 0 Å². The zero-order valence-corrected chi connectivity index (χ0v) is 55.1. The van der Waals surface area contributed by atoms with Crippen molar-refractivity contribution in [1.29, 1.82) is 0 Å². The van der Waals surface area contributed by atoms with Gasteiger partial charge in [-0.05, 0) is 12.8 Å². The largest absolute Gasteiger partial charge is 0.394 e. The Kier molecular flexibility index (Phi) is 53.6. The van der Waals surface area contributed by atoms with Crippen LogP contribution in [-0.4, -0.2) is 140 Å². The summed E-state index contributed by atoms with van der Waals surface area (Å²) in [6.07, 6.45) is 51.2. The Hall–Kier alpha value is -1.01. The molecule has 2 rings (SSSR count). The van der Waals surface area contributed by atoms with Crippen LogP contribution in [0.2, 0.25) is 0 Å². The van der Waals surface area contributed by atoms with Crippen molar-refractivity contribution in [2.24, 2.45) is 0 Å². The number of amides is 1. The fourth-order valence-electron chi connectivity index (χ4n) is 12.7. The third-order valence-electron chi connectivity index (χ3n) is 18.6. The number of carbonyl (C=O) groups is 1. The highest BCUT2D eigenvalue weighted by Crippen LogP contribution is 2.30. The molecule has 0 spiro atoms. The van der Waals surface area contributed by atoms with Crippen molar-refractivity contribution in [1.82, 2.24) is 5.32 Å². The van der Waals surface area contributed by atoms with Gasteiger partial charge in [0.2, 0.25) is 5.91 Å². The molecule has 12 unspecified atom stereocenters. The maximum absolute atomic E-state index is 13.4. The van der Waals surface area contributed by atoms with Crippen LogP contribution in [0.4, 0.5) is 0 Å². The van der Waals surface area contributed by atoms with Gasteiger partial charge in [-0.25, -0.2) is 0 Å². The van der Waals surface area contributed by atoms with Gasteiger partial charge in [-0.15, -0.1) is 0 Å². The number of ether oxygens (including phenoxy) is 4. The van der Waals surface area contributed by atoms with Crippen LogP contribution in [0.15, 0.2) is 0 Å². The molecule has 2 saturated heterocycles. The second-order valence-corrected chi connectivity index (χ2v) is 26.4. The fraction of sp³-hybridized carbons (Fsp3) is 0.986. The van der Waals surface area contributed by atoms with E-state index in [2.05, 4.69) is 19.2 Å². The Morgan fingerprint density at radius 1 is 0.376 bits per heavy atom. The van der Waals surface area contributed by atoms with Crippen LogP contribution in [0.1, 0.15) is 354 Å². The van der Waals surface area contributed by atoms with E-state index in [1.807, 2.05) is 0 Å². The molecule has 0 aromatic carbocycles. The van der Waals surface area contributed by atoms with Crippen LogP contribution < -0.4 is 5.32 Å². The van der Waals surface area contributed by atoms with E-state index in [0.29, 0.717) is 12.8 Å². The molecule has 85 heavy (non-hydrogen) atoms. The average Bonchev–Trinajstić information content (AvgIpc) is 3.29. The summed E-state index contributed by atoms with van der Waals surface area (Å²) < 4.78 is 23.0. The van der Waals surface area contributed by atoms with E-state index in [0.717, 1.165) is 51.4 Å². The lowest BCUT2D eigenvalue weighted by molar-refractivity contribution is -0.359. The summed E-state index contributed by atoms with van der Waals surface area (Å²) in [5.74, 6) is -0.196. The number of unbranched alkanes of at least 4 members (excludes halogenated alkanes) is 49. The van der Waals surface area contributed by atoms with Gasteiger partial charge >= 0.3 is 0 Å². The molecule has 2 aliphatic rings. The minimum absolute atomic E-state index is 0.196. The number of hydrogen-bond donors (Lipinski definition) is 9. The lowest BCUT2D eigenvalue weighted by Crippen LogP contribution is -2.65. The number of aliphatic hydroxyl groups excluding tert-OH is 8. The van der Waals surface area contributed by atoms with Crippen molar-refractivity contribution in [3.8, 4) is 0 Å². The third kappa shape index (κ3) is 41.2. The quantitative estimate of drug-likeness (QED) is 0.0259. The molecule has 12 atom stereocenters. The van der Waals surface area contributed by atoms with Crippen molar-refractivity contribution in [3.63, 3.8) is 0 Å². The Balaban J connectivity index is 1.64. The third-order valence-corrected chi connectivity index (χ3v) is 18.6. The monoisotopic (exact) mass is 1210 g/mol. The molecule has 14 nitrogen and oxygen atoms in total. The van der Waals surface area contributed by atoms with Crippen LogP contribution in [0.5, 0.6) is 0 Å². The molecule has 506 valence electrons. The number of hydrogen-bond acceptors (Lipinski definition) is 13. The van der Waals surface area contributed by atoms with E-state index in [4.69, 9.17) is 18.9 Å². The predicted octanol–water partition coefficient (Wildman–Crippen LogP) is 15.2. The molecule has 0 bridgehead atoms. The summed E-state index contributed by atoms with van der Waals surface area (Å²) in [6, 6.07) is -0.824. The van der Waals surface area contributed by atoms with Gasteiger partial charge in [0.05, 0.1) is 32.0 Å². The van der Waals surface area contributed by atoms with Gasteiger partial charge in [0.15, 0.2) is 12.6 Å². The van der Waals surface area contributed by atoms with Crippen molar-refractivity contribution < 1.29 is 64.6 Å². The van der Waals surface area contributed by atoms with Crippen molar-refractivity contribution in [3.05, 3.63) is 0 Å². The summed E-state index contributed by atoms with van der Waals surface area (Å²) in [7, 11) is 0. The molecule has 14 heteroatoms. The molecule has 1 amide bonds. The summed E-state index contributed by atoms with van der Waals surface area (Å²) in [5, 5.41) is 87.7. The minimum Gasteiger partial charge on any atom is -0.394 e. The van der Waals surface area contributed by atoms with E-state index >= 15 is 0 Å². The number of carbonyl (C=O) groups excluding carboxylic acids is 1. The summed E-state index contributed by atoms with van der Waals surface area (Å²) in [6.45, 7) is 2.94. The van der Waals surface area contributed by atoms with Crippen LogP contribution in [0.25, 0.3) is 0 Å². The zero-order valence-electron chi connectivity index (χ0n) is 55.1. The van der Waals surface area contributed by atoms with Gasteiger partial charge in [0.1, 0.15) is 48.8 Å². The predicted molar refractivity (Wildman–Crippen MR) is 346 cm³/mol. The molecule has 2 heterocycles. The zero-order chi connectivity index (χ0) is 61.6. The molecule has 2 fully saturated rings. The van der Waals surface area contributed by atoms with Gasteiger partial charge in [-0.1, -0.05) is 335 Å². The highest BCUT2D eigenvalue weighted by atomic mass is 16.7. The van der Waals surface area contributed by atoms with E-state index in [1.54, 1.807) is 0 Å². The molecule has 0 saturated carbocycles. The first-order valence-electron chi connectivity index (χ1n) is 36.8. The number of rotatable bonds is 62. The average molecular weight is 1210 g/mol. The molecule has 0 radical (unpaired) electrons. The normalized spacial score (nSPS) is 23.4. The standard InChI is InChI=1S/C71H139NO13/c1-3-5-7-9-11-13-15-17-19-21-23-25-27-28-29-30-31-33-34-36-38-40-42-44-46-48-50-52-54-60(75)59(58-82-70-68(81)66(79)69(62(57-74)84-70)85-71-67(80)65(78)64(77)61(56-73)83-71)72-63(76)55-53-51-49-47-45-43-41-39-37-35-32-26-24-22-20-18-16-14-12-10-8-6-4-2/h59-62,64-71,73-75,77-81H,3-58H2,1-2H3,(H,72,76). The lowest BCUT2D eigenvalue weighted by Gasteiger charge is -2.46. The fourth-order valence-corrected chi connectivity index (χ4v) is 12.7. The summed E-state index contributed by atoms with van der Waals surface area (Å²) in [4.78, 5) is 13.4. The first kappa shape index (κ1) is 80.1. The second kappa shape index (κ2) is 56.9. The molecule has 0 aliphatic carbocycles. The molecule has 0 aromatic heterocycles. The first-order chi connectivity index (χ1) is 41.6. The Bertz CT molecular complexity index is 1430. The Morgan fingerprint density at radius 3 is 1.00 bits per heavy atom. The number of aliphatic hydroxyl groups is 8. The van der Waals surface area contributed by atoms with Crippen LogP contribution >= 0.6 is 0 Å². The maximum Gasteiger partial charge on any atom is 0.220 e. The summed E-state index contributed by atoms with van der Waals surface area (Å²) in [5.41, 5.74) is 0. The van der Waals surface area contributed by atoms with Crippen molar-refractivity contribution in [2.75, 3.05) is 19.8 Å². The topological polar surface area (TPSA) is 228 Å². The van der Waals surface area contributed by atoms with E-state index < -0.39 is 86.8 Å². The molecule has 0 aromatic rings. The van der Waals surface area contributed by atoms with Crippen LogP contribution in [0.3, 0.4) is 0 Å². The minimum atomic E-state index is -1.78. The SMILES string of the molecule is CCCCCCCCCCCCCCCCCCCCCCCCCCCCCCC(O)C(COC1OC(CO)C(OC2OC(CO)C(O)C(O)C2O)C(O)C1O)NC(=O)CCCCCCCCCCCCCCCCCCCCCCCCC. The van der Waals surface area contributed by atoms with Gasteiger partial charge in [0.25, 0.3) is 0 Å². The second-order valence-electron chi connectivity index (χ2n) is 26.4. The van der Waals surface area contributed by atoms with Gasteiger partial charge in [-0.2, -0.15) is 0 Å². The maximum atomic E-state index is 13.4. The van der Waals surface area contributed by atoms with Crippen molar-refractivity contribution in [2.45, 2.75) is 428 Å². The first-order valence-corrected chi connectivity index (χ1v) is 36.8. The van der Waals surface area contributed by atoms with Gasteiger partial charge < -0.3 is 65.1 Å². The molecule has 2 aliphatic heterocycles.